The molecule has 0 heterocycles. The number of amides is 1. The van der Waals surface area contributed by atoms with Gasteiger partial charge in [-0.1, -0.05) is 225 Å². The molecule has 0 aliphatic rings. The van der Waals surface area contributed by atoms with Crippen LogP contribution < -0.4 is 5.32 Å². The minimum Gasteiger partial charge on any atom is -0.394 e. The van der Waals surface area contributed by atoms with Crippen molar-refractivity contribution in [3.8, 4) is 0 Å². The third kappa shape index (κ3) is 38.4. The third-order valence-corrected chi connectivity index (χ3v) is 10.8. The average molecular weight is 706 g/mol. The molecule has 0 aromatic rings. The van der Waals surface area contributed by atoms with Gasteiger partial charge in [0.05, 0.1) is 18.8 Å². The lowest BCUT2D eigenvalue weighted by Gasteiger charge is -2.22. The van der Waals surface area contributed by atoms with Gasteiger partial charge in [0.1, 0.15) is 0 Å². The Morgan fingerprint density at radius 3 is 1.10 bits per heavy atom. The summed E-state index contributed by atoms with van der Waals surface area (Å²) in [6, 6.07) is -0.535. The van der Waals surface area contributed by atoms with E-state index in [1.165, 1.54) is 205 Å². The van der Waals surface area contributed by atoms with Crippen LogP contribution in [0.2, 0.25) is 0 Å². The zero-order valence-electron chi connectivity index (χ0n) is 34.2. The molecule has 0 saturated carbocycles. The van der Waals surface area contributed by atoms with Crippen molar-refractivity contribution in [2.24, 2.45) is 0 Å². The van der Waals surface area contributed by atoms with Crippen molar-refractivity contribution in [3.63, 3.8) is 0 Å². The largest absolute Gasteiger partial charge is 0.394 e. The predicted octanol–water partition coefficient (Wildman–Crippen LogP) is 14.2. The summed E-state index contributed by atoms with van der Waals surface area (Å²) in [5, 5.41) is 23.2. The Balaban J connectivity index is 3.49. The fourth-order valence-electron chi connectivity index (χ4n) is 7.24. The van der Waals surface area contributed by atoms with Crippen LogP contribution in [0.15, 0.2) is 12.2 Å². The normalized spacial score (nSPS) is 13.0. The number of carbonyl (C=O) groups excluding carboxylic acids is 1. The number of unbranched alkanes of at least 4 members (excludes halogenated alkanes) is 33. The van der Waals surface area contributed by atoms with Crippen LogP contribution in [0.5, 0.6) is 0 Å². The van der Waals surface area contributed by atoms with E-state index in [2.05, 4.69) is 31.3 Å². The van der Waals surface area contributed by atoms with Crippen LogP contribution in [0.25, 0.3) is 0 Å². The van der Waals surface area contributed by atoms with E-state index in [0.29, 0.717) is 12.8 Å². The van der Waals surface area contributed by atoms with Crippen molar-refractivity contribution in [2.45, 2.75) is 270 Å². The van der Waals surface area contributed by atoms with Gasteiger partial charge in [-0.25, -0.2) is 0 Å². The molecule has 0 aliphatic carbocycles. The molecule has 0 aliphatic heterocycles. The van der Waals surface area contributed by atoms with Crippen molar-refractivity contribution in [1.29, 1.82) is 0 Å². The second-order valence-corrected chi connectivity index (χ2v) is 15.8. The summed E-state index contributed by atoms with van der Waals surface area (Å²) in [4.78, 5) is 12.4. The molecule has 1 amide bonds. The molecule has 0 aromatic heterocycles. The number of nitrogens with one attached hydrogen (secondary N) is 1. The van der Waals surface area contributed by atoms with Gasteiger partial charge in [-0.15, -0.1) is 0 Å². The monoisotopic (exact) mass is 706 g/mol. The lowest BCUT2D eigenvalue weighted by atomic mass is 10.0. The molecule has 4 heteroatoms. The fourth-order valence-corrected chi connectivity index (χ4v) is 7.24. The first-order chi connectivity index (χ1) is 24.7. The van der Waals surface area contributed by atoms with Gasteiger partial charge in [-0.05, 0) is 38.5 Å². The SMILES string of the molecule is CCCCCCCCCCCCC/C=C\CCCCCCCCCC(=O)NC(CO)C(O)CCCCCCCCCCCCCCCCCC. The standard InChI is InChI=1S/C46H91NO3/c1-3-5-7-9-11-13-15-17-19-21-22-23-24-25-26-28-30-32-34-36-38-40-42-46(50)47-44(43-48)45(49)41-39-37-35-33-31-29-27-20-18-16-14-12-10-8-6-4-2/h24-25,44-45,48-49H,3-23,26-43H2,1-2H3,(H,47,50)/b25-24-. The first kappa shape index (κ1) is 49.1. The van der Waals surface area contributed by atoms with Gasteiger partial charge in [0.15, 0.2) is 0 Å². The van der Waals surface area contributed by atoms with Crippen LogP contribution in [0, 0.1) is 0 Å². The Morgan fingerprint density at radius 1 is 0.460 bits per heavy atom. The van der Waals surface area contributed by atoms with Crippen LogP contribution in [0.1, 0.15) is 258 Å². The van der Waals surface area contributed by atoms with Gasteiger partial charge < -0.3 is 15.5 Å². The van der Waals surface area contributed by atoms with Gasteiger partial charge in [0, 0.05) is 6.42 Å². The van der Waals surface area contributed by atoms with E-state index in [1.807, 2.05) is 0 Å². The second-order valence-electron chi connectivity index (χ2n) is 15.8. The minimum absolute atomic E-state index is 0.0324. The fraction of sp³-hybridized carbons (Fsp3) is 0.935. The van der Waals surface area contributed by atoms with Gasteiger partial charge in [0.25, 0.3) is 0 Å². The van der Waals surface area contributed by atoms with E-state index in [-0.39, 0.29) is 12.5 Å². The van der Waals surface area contributed by atoms with E-state index in [1.54, 1.807) is 0 Å². The second kappa shape index (κ2) is 42.5. The molecule has 0 aromatic carbocycles. The molecule has 50 heavy (non-hydrogen) atoms. The number of hydrogen-bond donors (Lipinski definition) is 3. The van der Waals surface area contributed by atoms with E-state index < -0.39 is 12.1 Å². The molecule has 0 radical (unpaired) electrons. The highest BCUT2D eigenvalue weighted by molar-refractivity contribution is 5.76. The summed E-state index contributed by atoms with van der Waals surface area (Å²) in [7, 11) is 0. The van der Waals surface area contributed by atoms with Crippen LogP contribution in [-0.2, 0) is 4.79 Å². The highest BCUT2D eigenvalue weighted by atomic mass is 16.3. The maximum Gasteiger partial charge on any atom is 0.220 e. The Labute approximate surface area is 314 Å². The number of hydrogen-bond acceptors (Lipinski definition) is 3. The van der Waals surface area contributed by atoms with E-state index in [4.69, 9.17) is 0 Å². The topological polar surface area (TPSA) is 69.6 Å². The summed E-state index contributed by atoms with van der Waals surface area (Å²) < 4.78 is 0. The number of allylic oxidation sites excluding steroid dienone is 2. The third-order valence-electron chi connectivity index (χ3n) is 10.8. The quantitative estimate of drug-likeness (QED) is 0.0437. The smallest absolute Gasteiger partial charge is 0.220 e. The number of aliphatic hydroxyl groups is 2. The lowest BCUT2D eigenvalue weighted by molar-refractivity contribution is -0.123. The van der Waals surface area contributed by atoms with E-state index in [0.717, 1.165) is 25.7 Å². The molecular weight excluding hydrogens is 615 g/mol. The van der Waals surface area contributed by atoms with Crippen LogP contribution >= 0.6 is 0 Å². The first-order valence-corrected chi connectivity index (χ1v) is 22.9. The van der Waals surface area contributed by atoms with Gasteiger partial charge in [-0.3, -0.25) is 4.79 Å². The first-order valence-electron chi connectivity index (χ1n) is 22.9. The van der Waals surface area contributed by atoms with Crippen molar-refractivity contribution >= 4 is 5.91 Å². The molecule has 4 nitrogen and oxygen atoms in total. The number of aliphatic hydroxyl groups excluding tert-OH is 2. The molecule has 0 spiro atoms. The molecule has 2 atom stereocenters. The van der Waals surface area contributed by atoms with Crippen LogP contribution in [-0.4, -0.2) is 34.9 Å². The Bertz CT molecular complexity index is 680. The van der Waals surface area contributed by atoms with Gasteiger partial charge >= 0.3 is 0 Å². The average Bonchev–Trinajstić information content (AvgIpc) is 3.12. The van der Waals surface area contributed by atoms with Crippen LogP contribution in [0.4, 0.5) is 0 Å². The summed E-state index contributed by atoms with van der Waals surface area (Å²) >= 11 is 0. The maximum absolute atomic E-state index is 12.4. The zero-order valence-corrected chi connectivity index (χ0v) is 34.2. The van der Waals surface area contributed by atoms with Crippen molar-refractivity contribution in [2.75, 3.05) is 6.61 Å². The molecule has 0 rings (SSSR count). The lowest BCUT2D eigenvalue weighted by Crippen LogP contribution is -2.45. The zero-order chi connectivity index (χ0) is 36.4. The highest BCUT2D eigenvalue weighted by Crippen LogP contribution is 2.16. The van der Waals surface area contributed by atoms with Gasteiger partial charge in [-0.2, -0.15) is 0 Å². The molecule has 2 unspecified atom stereocenters. The molecule has 0 fully saturated rings. The number of carbonyl (C=O) groups is 1. The predicted molar refractivity (Wildman–Crippen MR) is 221 cm³/mol. The molecule has 0 bridgehead atoms. The Morgan fingerprint density at radius 2 is 0.760 bits per heavy atom. The van der Waals surface area contributed by atoms with Crippen LogP contribution in [0.3, 0.4) is 0 Å². The summed E-state index contributed by atoms with van der Waals surface area (Å²) in [5.74, 6) is -0.0324. The summed E-state index contributed by atoms with van der Waals surface area (Å²) in [6.07, 6.45) is 52.9. The molecular formula is C46H91NO3. The van der Waals surface area contributed by atoms with E-state index >= 15 is 0 Å². The Hall–Kier alpha value is -0.870. The van der Waals surface area contributed by atoms with Crippen molar-refractivity contribution in [1.82, 2.24) is 5.32 Å². The van der Waals surface area contributed by atoms with Crippen molar-refractivity contribution in [3.05, 3.63) is 12.2 Å². The van der Waals surface area contributed by atoms with Gasteiger partial charge in [0.2, 0.25) is 5.91 Å². The maximum atomic E-state index is 12.4. The number of rotatable bonds is 42. The van der Waals surface area contributed by atoms with Crippen molar-refractivity contribution < 1.29 is 15.0 Å². The highest BCUT2D eigenvalue weighted by Gasteiger charge is 2.20. The molecule has 0 saturated heterocycles. The minimum atomic E-state index is -0.657. The molecule has 298 valence electrons. The summed E-state index contributed by atoms with van der Waals surface area (Å²) in [6.45, 7) is 4.38. The summed E-state index contributed by atoms with van der Waals surface area (Å²) in [5.41, 5.74) is 0. The Kier molecular flexibility index (Phi) is 41.8. The van der Waals surface area contributed by atoms with E-state index in [9.17, 15) is 15.0 Å². The molecule has 3 N–H and O–H groups in total.